The Labute approximate surface area is 171 Å². The second kappa shape index (κ2) is 7.33. The van der Waals surface area contributed by atoms with Crippen LogP contribution in [0, 0.1) is 0 Å². The fourth-order valence-electron chi connectivity index (χ4n) is 3.24. The monoisotopic (exact) mass is 396 g/mol. The minimum atomic E-state index is -0.227. The molecule has 0 aliphatic carbocycles. The summed E-state index contributed by atoms with van der Waals surface area (Å²) in [7, 11) is 0. The fourth-order valence-corrected chi connectivity index (χ4v) is 3.92. The molecule has 0 spiro atoms. The Hall–Kier alpha value is -3.77. The molecule has 0 radical (unpaired) electrons. The lowest BCUT2D eigenvalue weighted by molar-refractivity contribution is 0.102. The number of pyridine rings is 1. The number of hydrogen-bond donors (Lipinski definition) is 2. The number of nitrogens with zero attached hydrogens (tertiary/aromatic N) is 2. The standard InChI is InChI=1S/C23H16N4OS/c28-22(27-23-24-14-20(26-23)15-7-2-1-3-8-15)17-13-19(21-11-6-12-29-21)25-18-10-5-4-9-16(17)18/h1-14H,(H2,24,26,27,28). The van der Waals surface area contributed by atoms with E-state index in [0.717, 1.165) is 32.7 Å². The summed E-state index contributed by atoms with van der Waals surface area (Å²) in [4.78, 5) is 26.3. The van der Waals surface area contributed by atoms with Crippen molar-refractivity contribution in [3.8, 4) is 21.8 Å². The maximum absolute atomic E-state index is 13.1. The Balaban J connectivity index is 1.50. The molecule has 29 heavy (non-hydrogen) atoms. The lowest BCUT2D eigenvalue weighted by Crippen LogP contribution is -2.14. The smallest absolute Gasteiger partial charge is 0.258 e. The van der Waals surface area contributed by atoms with Crippen molar-refractivity contribution in [2.75, 3.05) is 5.32 Å². The third-order valence-electron chi connectivity index (χ3n) is 4.63. The quantitative estimate of drug-likeness (QED) is 0.415. The van der Waals surface area contributed by atoms with Crippen LogP contribution in [-0.2, 0) is 0 Å². The molecule has 0 unspecified atom stereocenters. The number of aromatic amines is 1. The predicted octanol–water partition coefficient (Wildman–Crippen LogP) is 5.61. The van der Waals surface area contributed by atoms with Crippen LogP contribution in [0.5, 0.6) is 0 Å². The van der Waals surface area contributed by atoms with E-state index in [1.807, 2.05) is 78.2 Å². The first-order valence-electron chi connectivity index (χ1n) is 9.13. The highest BCUT2D eigenvalue weighted by molar-refractivity contribution is 7.13. The van der Waals surface area contributed by atoms with Crippen molar-refractivity contribution in [2.45, 2.75) is 0 Å². The SMILES string of the molecule is O=C(Nc1ncc(-c2ccccc2)[nH]1)c1cc(-c2cccs2)nc2ccccc12. The molecule has 1 amide bonds. The highest BCUT2D eigenvalue weighted by Crippen LogP contribution is 2.28. The molecule has 3 heterocycles. The van der Waals surface area contributed by atoms with Crippen LogP contribution in [0.4, 0.5) is 5.95 Å². The van der Waals surface area contributed by atoms with Crippen molar-refractivity contribution in [2.24, 2.45) is 0 Å². The second-order valence-electron chi connectivity index (χ2n) is 6.52. The van der Waals surface area contributed by atoms with E-state index < -0.39 is 0 Å². The van der Waals surface area contributed by atoms with Gasteiger partial charge in [0.05, 0.1) is 33.5 Å². The molecule has 5 nitrogen and oxygen atoms in total. The molecule has 2 aromatic carbocycles. The minimum Gasteiger partial charge on any atom is -0.324 e. The lowest BCUT2D eigenvalue weighted by Gasteiger charge is -2.09. The van der Waals surface area contributed by atoms with E-state index in [0.29, 0.717) is 11.5 Å². The number of H-pyrrole nitrogens is 1. The van der Waals surface area contributed by atoms with E-state index in [4.69, 9.17) is 4.98 Å². The Morgan fingerprint density at radius 3 is 2.62 bits per heavy atom. The number of carbonyl (C=O) groups excluding carboxylic acids is 1. The normalized spacial score (nSPS) is 10.9. The van der Waals surface area contributed by atoms with Crippen molar-refractivity contribution in [3.63, 3.8) is 0 Å². The average Bonchev–Trinajstić information content (AvgIpc) is 3.46. The maximum Gasteiger partial charge on any atom is 0.258 e. The van der Waals surface area contributed by atoms with E-state index in [2.05, 4.69) is 15.3 Å². The number of aromatic nitrogens is 3. The molecular formula is C23H16N4OS. The zero-order valence-corrected chi connectivity index (χ0v) is 16.1. The first-order valence-corrected chi connectivity index (χ1v) is 10.0. The van der Waals surface area contributed by atoms with Gasteiger partial charge in [-0.05, 0) is 29.1 Å². The van der Waals surface area contributed by atoms with Crippen LogP contribution >= 0.6 is 11.3 Å². The molecule has 2 N–H and O–H groups in total. The van der Waals surface area contributed by atoms with Gasteiger partial charge in [-0.3, -0.25) is 10.1 Å². The molecule has 6 heteroatoms. The van der Waals surface area contributed by atoms with Crippen LogP contribution in [0.25, 0.3) is 32.7 Å². The molecule has 140 valence electrons. The molecule has 0 saturated heterocycles. The third-order valence-corrected chi connectivity index (χ3v) is 5.52. The topological polar surface area (TPSA) is 70.7 Å². The van der Waals surface area contributed by atoms with Crippen LogP contribution in [0.2, 0.25) is 0 Å². The first-order chi connectivity index (χ1) is 14.3. The maximum atomic E-state index is 13.1. The Morgan fingerprint density at radius 2 is 1.79 bits per heavy atom. The van der Waals surface area contributed by atoms with Gasteiger partial charge in [0.15, 0.2) is 0 Å². The second-order valence-corrected chi connectivity index (χ2v) is 7.46. The van der Waals surface area contributed by atoms with Crippen LogP contribution < -0.4 is 5.32 Å². The van der Waals surface area contributed by atoms with Gasteiger partial charge in [-0.15, -0.1) is 11.3 Å². The first kappa shape index (κ1) is 17.3. The number of benzene rings is 2. The van der Waals surface area contributed by atoms with E-state index >= 15 is 0 Å². The number of fused-ring (bicyclic) bond motifs is 1. The van der Waals surface area contributed by atoms with Crippen molar-refractivity contribution >= 4 is 34.1 Å². The molecule has 3 aromatic heterocycles. The van der Waals surface area contributed by atoms with E-state index in [-0.39, 0.29) is 5.91 Å². The number of anilines is 1. The van der Waals surface area contributed by atoms with Gasteiger partial charge in [0.25, 0.3) is 5.91 Å². The van der Waals surface area contributed by atoms with Crippen LogP contribution in [0.3, 0.4) is 0 Å². The highest BCUT2D eigenvalue weighted by Gasteiger charge is 2.16. The van der Waals surface area contributed by atoms with Crippen LogP contribution in [0.15, 0.2) is 84.4 Å². The number of imidazole rings is 1. The molecule has 5 aromatic rings. The van der Waals surface area contributed by atoms with Crippen molar-refractivity contribution < 1.29 is 4.79 Å². The van der Waals surface area contributed by atoms with Gasteiger partial charge in [0, 0.05) is 5.39 Å². The summed E-state index contributed by atoms with van der Waals surface area (Å²) in [6.07, 6.45) is 1.71. The zero-order valence-electron chi connectivity index (χ0n) is 15.3. The minimum absolute atomic E-state index is 0.227. The number of amides is 1. The molecular weight excluding hydrogens is 380 g/mol. The molecule has 0 aliphatic rings. The van der Waals surface area contributed by atoms with Gasteiger partial charge in [0.2, 0.25) is 5.95 Å². The van der Waals surface area contributed by atoms with Gasteiger partial charge in [-0.2, -0.15) is 0 Å². The molecule has 0 fully saturated rings. The van der Waals surface area contributed by atoms with Gasteiger partial charge in [-0.25, -0.2) is 9.97 Å². The number of nitrogens with one attached hydrogen (secondary N) is 2. The summed E-state index contributed by atoms with van der Waals surface area (Å²) >= 11 is 1.60. The Bertz CT molecular complexity index is 1290. The summed E-state index contributed by atoms with van der Waals surface area (Å²) < 4.78 is 0. The summed E-state index contributed by atoms with van der Waals surface area (Å²) in [6, 6.07) is 23.3. The van der Waals surface area contributed by atoms with E-state index in [1.165, 1.54) is 0 Å². The largest absolute Gasteiger partial charge is 0.324 e. The van der Waals surface area contributed by atoms with Gasteiger partial charge in [-0.1, -0.05) is 54.6 Å². The molecule has 0 atom stereocenters. The van der Waals surface area contributed by atoms with Crippen LogP contribution in [0.1, 0.15) is 10.4 Å². The predicted molar refractivity (Wildman–Crippen MR) is 117 cm³/mol. The summed E-state index contributed by atoms with van der Waals surface area (Å²) in [6.45, 7) is 0. The lowest BCUT2D eigenvalue weighted by atomic mass is 10.1. The Morgan fingerprint density at radius 1 is 0.966 bits per heavy atom. The summed E-state index contributed by atoms with van der Waals surface area (Å²) in [5, 5.41) is 5.69. The number of carbonyl (C=O) groups is 1. The van der Waals surface area contributed by atoms with Crippen molar-refractivity contribution in [3.05, 3.63) is 89.9 Å². The molecule has 5 rings (SSSR count). The highest BCUT2D eigenvalue weighted by atomic mass is 32.1. The molecule has 0 saturated carbocycles. The van der Waals surface area contributed by atoms with Gasteiger partial charge < -0.3 is 4.98 Å². The third kappa shape index (κ3) is 3.41. The number of rotatable bonds is 4. The molecule has 0 aliphatic heterocycles. The van der Waals surface area contributed by atoms with E-state index in [9.17, 15) is 4.79 Å². The number of thiophene rings is 1. The van der Waals surface area contributed by atoms with Gasteiger partial charge in [0.1, 0.15) is 0 Å². The summed E-state index contributed by atoms with van der Waals surface area (Å²) in [5.41, 5.74) is 3.99. The van der Waals surface area contributed by atoms with E-state index in [1.54, 1.807) is 17.5 Å². The summed E-state index contributed by atoms with van der Waals surface area (Å²) in [5.74, 6) is 0.183. The number of para-hydroxylation sites is 1. The van der Waals surface area contributed by atoms with Gasteiger partial charge >= 0.3 is 0 Å². The molecule has 0 bridgehead atoms. The Kier molecular flexibility index (Phi) is 4.38. The fraction of sp³-hybridized carbons (Fsp3) is 0. The van der Waals surface area contributed by atoms with Crippen LogP contribution in [-0.4, -0.2) is 20.9 Å². The average molecular weight is 396 g/mol. The zero-order chi connectivity index (χ0) is 19.6. The van der Waals surface area contributed by atoms with Crippen molar-refractivity contribution in [1.29, 1.82) is 0 Å². The van der Waals surface area contributed by atoms with Crippen molar-refractivity contribution in [1.82, 2.24) is 15.0 Å². The number of hydrogen-bond acceptors (Lipinski definition) is 4.